The van der Waals surface area contributed by atoms with Gasteiger partial charge in [0.15, 0.2) is 25.0 Å². The smallest absolute Gasteiger partial charge is 0.192 e. The first-order valence-corrected chi connectivity index (χ1v) is 38.9. The third kappa shape index (κ3) is 22.6. The molecule has 2 aromatic carbocycles. The van der Waals surface area contributed by atoms with Crippen LogP contribution in [0.25, 0.3) is 0 Å². The summed E-state index contributed by atoms with van der Waals surface area (Å²) >= 11 is 0. The molecule has 2 aliphatic carbocycles. The van der Waals surface area contributed by atoms with Crippen LogP contribution in [-0.2, 0) is 31.1 Å². The number of ether oxygens (including phenoxy) is 1. The Labute approximate surface area is 464 Å². The number of hydrogen-bond donors (Lipinski definition) is 3. The van der Waals surface area contributed by atoms with Gasteiger partial charge in [-0.3, -0.25) is 14.7 Å². The zero-order valence-corrected chi connectivity index (χ0v) is 54.3. The summed E-state index contributed by atoms with van der Waals surface area (Å²) in [4.78, 5) is 7.30. The van der Waals surface area contributed by atoms with Crippen LogP contribution in [0.15, 0.2) is 60.7 Å². The summed E-state index contributed by atoms with van der Waals surface area (Å²) in [6, 6.07) is 21.5. The van der Waals surface area contributed by atoms with Crippen molar-refractivity contribution in [1.29, 1.82) is 0 Å². The normalized spacial score (nSPS) is 27.7. The van der Waals surface area contributed by atoms with E-state index in [9.17, 15) is 10.2 Å². The SMILES string of the molecule is C1CCC2OC2C1.CC.CC(C)(C)[Si](C)(C)O[C@@H]1CCN(C2CCCC[C@@H]2O)C1.CC(C)(C)[Si](C)(C)O[C@@H]1CCN(Cc2ccccc2)C1.CC(C)(C)[Si](C)(C)O[C@@H]1CCNC1.O[C@@H]1CCN(Cc2ccccc2)C1. The first kappa shape index (κ1) is 66.2. The summed E-state index contributed by atoms with van der Waals surface area (Å²) < 4.78 is 24.6. The van der Waals surface area contributed by atoms with Gasteiger partial charge in [-0.05, 0) is 123 Å². The zero-order chi connectivity index (χ0) is 55.7. The molecule has 7 aliphatic rings. The quantitative estimate of drug-likeness (QED) is 0.149. The highest BCUT2D eigenvalue weighted by Crippen LogP contribution is 2.41. The molecular formula is C62H116N4O6Si3. The van der Waals surface area contributed by atoms with Crippen LogP contribution in [0.4, 0.5) is 0 Å². The van der Waals surface area contributed by atoms with Gasteiger partial charge in [0.1, 0.15) is 0 Å². The Hall–Kier alpha value is -1.31. The third-order valence-electron chi connectivity index (χ3n) is 18.0. The molecule has 2 saturated carbocycles. The molecule has 0 bridgehead atoms. The van der Waals surface area contributed by atoms with Crippen LogP contribution in [0, 0.1) is 0 Å². The van der Waals surface area contributed by atoms with Crippen LogP contribution in [0.5, 0.6) is 0 Å². The van der Waals surface area contributed by atoms with Crippen molar-refractivity contribution in [2.75, 3.05) is 52.4 Å². The molecule has 5 saturated heterocycles. The van der Waals surface area contributed by atoms with Crippen LogP contribution >= 0.6 is 0 Å². The van der Waals surface area contributed by atoms with Gasteiger partial charge in [-0.15, -0.1) is 0 Å². The van der Waals surface area contributed by atoms with Crippen LogP contribution in [0.1, 0.15) is 164 Å². The summed E-state index contributed by atoms with van der Waals surface area (Å²) in [5, 5.41) is 23.8. The lowest BCUT2D eigenvalue weighted by molar-refractivity contribution is 0.0259. The molecule has 10 nitrogen and oxygen atoms in total. The standard InChI is InChI=1S/C17H29NOSi.C16H33NO2Si.C11H15NO.C10H23NOSi.C6H10O.C2H6/c1-17(2,3)20(4,5)19-16-11-12-18(14-16)13-15-9-7-6-8-10-15;1-16(2,3)20(4,5)19-13-10-11-17(12-13)14-8-6-7-9-15(14)18;13-11-6-7-12(9-11)8-10-4-2-1-3-5-10;1-10(2,3)13(4,5)12-9-6-7-11-8-9;1-2-4-6-5(3-1)7-6;1-2/h6-10,16H,11-14H2,1-5H3;13-15,18H,6-12H2,1-5H3;1-5,11,13H,6-9H2;9,11H,6-8H2,1-5H3;5-6H,1-4H2;1-2H3/t16-;13-,14?,15+;11-;9-;;/m1111../s1. The first-order chi connectivity index (χ1) is 35.1. The van der Waals surface area contributed by atoms with Crippen molar-refractivity contribution in [1.82, 2.24) is 20.0 Å². The van der Waals surface area contributed by atoms with Crippen LogP contribution in [0.3, 0.4) is 0 Å². The van der Waals surface area contributed by atoms with E-state index in [0.29, 0.717) is 46.6 Å². The van der Waals surface area contributed by atoms with Crippen molar-refractivity contribution in [2.45, 2.75) is 269 Å². The number of likely N-dealkylation sites (tertiary alicyclic amines) is 3. The van der Waals surface area contributed by atoms with Gasteiger partial charge in [0.25, 0.3) is 0 Å². The first-order valence-electron chi connectivity index (χ1n) is 30.1. The highest BCUT2D eigenvalue weighted by atomic mass is 28.4. The van der Waals surface area contributed by atoms with E-state index in [4.69, 9.17) is 18.0 Å². The molecule has 9 rings (SSSR count). The Morgan fingerprint density at radius 2 is 0.947 bits per heavy atom. The molecule has 3 unspecified atom stereocenters. The Kier molecular flexibility index (Phi) is 26.9. The molecule has 2 aromatic rings. The van der Waals surface area contributed by atoms with Crippen molar-refractivity contribution < 1.29 is 28.2 Å². The van der Waals surface area contributed by atoms with E-state index >= 15 is 0 Å². The lowest BCUT2D eigenvalue weighted by Crippen LogP contribution is -2.47. The van der Waals surface area contributed by atoms with Crippen molar-refractivity contribution in [3.05, 3.63) is 71.8 Å². The Balaban J connectivity index is 0.000000208. The van der Waals surface area contributed by atoms with Gasteiger partial charge >= 0.3 is 0 Å². The number of nitrogens with zero attached hydrogens (tertiary/aromatic N) is 3. The van der Waals surface area contributed by atoms with E-state index in [0.717, 1.165) is 91.1 Å². The van der Waals surface area contributed by atoms with Crippen molar-refractivity contribution in [2.24, 2.45) is 0 Å². The molecule has 7 fully saturated rings. The molecule has 432 valence electrons. The third-order valence-corrected chi connectivity index (χ3v) is 31.7. The van der Waals surface area contributed by atoms with Gasteiger partial charge in [-0.1, -0.05) is 163 Å². The molecule has 75 heavy (non-hydrogen) atoms. The second kappa shape index (κ2) is 30.5. The monoisotopic (exact) mass is 1100 g/mol. The van der Waals surface area contributed by atoms with E-state index in [2.05, 4.69) is 176 Å². The minimum Gasteiger partial charge on any atom is -0.413 e. The Morgan fingerprint density at radius 1 is 0.520 bits per heavy atom. The number of aliphatic hydroxyl groups is 2. The average molecular weight is 1100 g/mol. The largest absolute Gasteiger partial charge is 0.413 e. The molecule has 13 heteroatoms. The topological polar surface area (TPSA) is 102 Å². The molecule has 5 aliphatic heterocycles. The fourth-order valence-corrected chi connectivity index (χ4v) is 14.4. The summed E-state index contributed by atoms with van der Waals surface area (Å²) in [6.45, 7) is 49.2. The number of rotatable bonds is 11. The maximum Gasteiger partial charge on any atom is 0.192 e. The second-order valence-corrected chi connectivity index (χ2v) is 41.6. The number of benzene rings is 2. The second-order valence-electron chi connectivity index (χ2n) is 27.4. The number of β-amino-alcohol motifs (C(OH)–C–C–N with tert-alkyl or cyclic N) is 1. The molecule has 0 aromatic heterocycles. The van der Waals surface area contributed by atoms with Crippen molar-refractivity contribution in [3.8, 4) is 0 Å². The highest BCUT2D eigenvalue weighted by Gasteiger charge is 2.44. The minimum atomic E-state index is -1.66. The van der Waals surface area contributed by atoms with Gasteiger partial charge in [0, 0.05) is 64.9 Å². The van der Waals surface area contributed by atoms with E-state index < -0.39 is 25.0 Å². The summed E-state index contributed by atoms with van der Waals surface area (Å²) in [7, 11) is -4.78. The number of nitrogens with one attached hydrogen (secondary N) is 1. The molecular weight excluding hydrogens is 981 g/mol. The lowest BCUT2D eigenvalue weighted by Gasteiger charge is -2.39. The number of epoxide rings is 1. The lowest BCUT2D eigenvalue weighted by atomic mass is 9.91. The van der Waals surface area contributed by atoms with E-state index in [1.807, 2.05) is 19.9 Å². The molecule has 0 spiro atoms. The molecule has 8 atom stereocenters. The Bertz CT molecular complexity index is 1840. The highest BCUT2D eigenvalue weighted by molar-refractivity contribution is 6.75. The zero-order valence-electron chi connectivity index (χ0n) is 51.3. The summed E-state index contributed by atoms with van der Waals surface area (Å²) in [5.41, 5.74) is 2.73. The average Bonchev–Trinajstić information content (AvgIpc) is 3.80. The maximum absolute atomic E-state index is 10.2. The van der Waals surface area contributed by atoms with E-state index in [1.54, 1.807) is 0 Å². The van der Waals surface area contributed by atoms with Gasteiger partial charge in [-0.2, -0.15) is 0 Å². The summed E-state index contributed by atoms with van der Waals surface area (Å²) in [6.07, 6.45) is 17.0. The van der Waals surface area contributed by atoms with E-state index in [1.165, 1.54) is 62.5 Å². The number of aliphatic hydroxyl groups excluding tert-OH is 2. The molecule has 0 amide bonds. The fraction of sp³-hybridized carbons (Fsp3) is 0.806. The minimum absolute atomic E-state index is 0.108. The number of hydrogen-bond acceptors (Lipinski definition) is 10. The van der Waals surface area contributed by atoms with Gasteiger partial charge < -0.3 is 33.5 Å². The number of fused-ring (bicyclic) bond motifs is 1. The molecule has 0 radical (unpaired) electrons. The van der Waals surface area contributed by atoms with Crippen LogP contribution in [0.2, 0.25) is 54.4 Å². The maximum atomic E-state index is 10.2. The predicted molar refractivity (Wildman–Crippen MR) is 325 cm³/mol. The van der Waals surface area contributed by atoms with Crippen LogP contribution < -0.4 is 5.32 Å². The van der Waals surface area contributed by atoms with Crippen molar-refractivity contribution in [3.63, 3.8) is 0 Å². The molecule has 5 heterocycles. The predicted octanol–water partition coefficient (Wildman–Crippen LogP) is 13.6. The van der Waals surface area contributed by atoms with Gasteiger partial charge in [0.05, 0.1) is 42.7 Å². The Morgan fingerprint density at radius 3 is 1.37 bits per heavy atom. The molecule has 3 N–H and O–H groups in total. The van der Waals surface area contributed by atoms with Crippen molar-refractivity contribution >= 4 is 25.0 Å². The summed E-state index contributed by atoms with van der Waals surface area (Å²) in [5.74, 6) is 0. The van der Waals surface area contributed by atoms with Crippen LogP contribution in [-0.4, -0.2) is 151 Å². The van der Waals surface area contributed by atoms with Gasteiger partial charge in [-0.25, -0.2) is 0 Å². The fourth-order valence-electron chi connectivity index (χ4n) is 10.2. The van der Waals surface area contributed by atoms with Gasteiger partial charge in [0.2, 0.25) is 0 Å². The van der Waals surface area contributed by atoms with E-state index in [-0.39, 0.29) is 17.2 Å².